The number of rotatable bonds is 6. The highest BCUT2D eigenvalue weighted by atomic mass is 79.9. The number of esters is 1. The van der Waals surface area contributed by atoms with Crippen LogP contribution in [0.5, 0.6) is 11.5 Å². The normalized spacial score (nSPS) is 19.9. The molecule has 2 aromatic carbocycles. The van der Waals surface area contributed by atoms with E-state index in [1.54, 1.807) is 14.2 Å². The topological polar surface area (TPSA) is 73.9 Å². The van der Waals surface area contributed by atoms with E-state index in [0.29, 0.717) is 41.2 Å². The van der Waals surface area contributed by atoms with Gasteiger partial charge in [0, 0.05) is 33.8 Å². The summed E-state index contributed by atoms with van der Waals surface area (Å²) in [5.74, 6) is 0.404. The van der Waals surface area contributed by atoms with Crippen LogP contribution >= 0.6 is 15.9 Å². The van der Waals surface area contributed by atoms with Crippen LogP contribution in [0.3, 0.4) is 0 Å². The first-order chi connectivity index (χ1) is 16.7. The zero-order valence-electron chi connectivity index (χ0n) is 20.6. The van der Waals surface area contributed by atoms with Gasteiger partial charge in [0.15, 0.2) is 17.3 Å². The van der Waals surface area contributed by atoms with E-state index in [1.807, 2.05) is 63.2 Å². The van der Waals surface area contributed by atoms with Gasteiger partial charge >= 0.3 is 5.97 Å². The van der Waals surface area contributed by atoms with Crippen molar-refractivity contribution in [1.29, 1.82) is 0 Å². The van der Waals surface area contributed by atoms with Crippen molar-refractivity contribution in [3.8, 4) is 11.5 Å². The van der Waals surface area contributed by atoms with Crippen LogP contribution in [0.2, 0.25) is 0 Å². The lowest BCUT2D eigenvalue weighted by Gasteiger charge is -2.37. The Labute approximate surface area is 214 Å². The zero-order valence-corrected chi connectivity index (χ0v) is 22.2. The lowest BCUT2D eigenvalue weighted by molar-refractivity contribution is -0.143. The lowest BCUT2D eigenvalue weighted by Crippen LogP contribution is -2.36. The average molecular weight is 540 g/mol. The Morgan fingerprint density at radius 2 is 1.66 bits per heavy atom. The maximum atomic E-state index is 13.7. The number of Topliss-reactive ketones (excluding diaryl/α,β-unsaturated/α-hetero) is 1. The predicted molar refractivity (Wildman–Crippen MR) is 138 cm³/mol. The van der Waals surface area contributed by atoms with Crippen molar-refractivity contribution in [3.05, 3.63) is 80.6 Å². The molecule has 0 aromatic heterocycles. The Balaban J connectivity index is 1.77. The zero-order chi connectivity index (χ0) is 25.3. The molecule has 0 fully saturated rings. The Hall–Kier alpha value is -3.06. The van der Waals surface area contributed by atoms with Gasteiger partial charge in [-0.15, -0.1) is 0 Å². The van der Waals surface area contributed by atoms with Crippen molar-refractivity contribution in [1.82, 2.24) is 5.32 Å². The first-order valence-corrected chi connectivity index (χ1v) is 12.4. The standard InChI is InChI=1S/C28H30BrNO5/c1-15(2)35-28(32)25-16(3)30-21-12-19(18-8-11-23(33-4)24(14-18)34-5)13-22(31)27(21)26(25)17-6-9-20(29)10-7-17/h6-11,14-15,19,26,30H,12-13H2,1-5H3/t19-,26+/m1/s1. The van der Waals surface area contributed by atoms with Crippen molar-refractivity contribution >= 4 is 27.7 Å². The second-order valence-corrected chi connectivity index (χ2v) is 10.1. The minimum Gasteiger partial charge on any atom is -0.493 e. The molecule has 1 aliphatic carbocycles. The third kappa shape index (κ3) is 5.01. The van der Waals surface area contributed by atoms with E-state index in [-0.39, 0.29) is 17.8 Å². The molecule has 0 saturated heterocycles. The van der Waals surface area contributed by atoms with Crippen molar-refractivity contribution in [2.75, 3.05) is 14.2 Å². The maximum Gasteiger partial charge on any atom is 0.337 e. The molecule has 1 aliphatic heterocycles. The molecule has 2 atom stereocenters. The van der Waals surface area contributed by atoms with Gasteiger partial charge in [-0.2, -0.15) is 0 Å². The van der Waals surface area contributed by atoms with Gasteiger partial charge in [0.25, 0.3) is 0 Å². The van der Waals surface area contributed by atoms with Crippen molar-refractivity contribution in [3.63, 3.8) is 0 Å². The van der Waals surface area contributed by atoms with Gasteiger partial charge in [-0.05, 0) is 68.5 Å². The lowest BCUT2D eigenvalue weighted by atomic mass is 9.71. The molecule has 1 heterocycles. The Morgan fingerprint density at radius 3 is 2.29 bits per heavy atom. The highest BCUT2D eigenvalue weighted by Gasteiger charge is 2.41. The Kier molecular flexibility index (Phi) is 7.36. The molecule has 7 heteroatoms. The number of hydrogen-bond acceptors (Lipinski definition) is 6. The van der Waals surface area contributed by atoms with Crippen LogP contribution in [0.15, 0.2) is 69.5 Å². The van der Waals surface area contributed by atoms with Crippen LogP contribution < -0.4 is 14.8 Å². The number of dihydropyridines is 1. The molecule has 0 amide bonds. The second kappa shape index (κ2) is 10.3. The molecule has 0 spiro atoms. The van der Waals surface area contributed by atoms with Crippen LogP contribution in [0.1, 0.15) is 56.6 Å². The number of ketones is 1. The van der Waals surface area contributed by atoms with Gasteiger partial charge in [0.1, 0.15) is 0 Å². The van der Waals surface area contributed by atoms with Crippen molar-refractivity contribution in [2.24, 2.45) is 0 Å². The summed E-state index contributed by atoms with van der Waals surface area (Å²) in [7, 11) is 3.20. The summed E-state index contributed by atoms with van der Waals surface area (Å²) in [6.07, 6.45) is 0.724. The van der Waals surface area contributed by atoms with E-state index in [9.17, 15) is 9.59 Å². The molecular weight excluding hydrogens is 510 g/mol. The third-order valence-corrected chi connectivity index (χ3v) is 7.00. The number of halogens is 1. The molecule has 0 bridgehead atoms. The largest absolute Gasteiger partial charge is 0.493 e. The van der Waals surface area contributed by atoms with Crippen LogP contribution in [-0.2, 0) is 14.3 Å². The fourth-order valence-electron chi connectivity index (χ4n) is 4.92. The number of allylic oxidation sites excluding steroid dienone is 3. The van der Waals surface area contributed by atoms with Gasteiger partial charge in [0.05, 0.1) is 25.9 Å². The summed E-state index contributed by atoms with van der Waals surface area (Å²) in [6.45, 7) is 5.52. The smallest absolute Gasteiger partial charge is 0.337 e. The van der Waals surface area contributed by atoms with E-state index in [2.05, 4.69) is 21.2 Å². The highest BCUT2D eigenvalue weighted by molar-refractivity contribution is 9.10. The maximum absolute atomic E-state index is 13.7. The van der Waals surface area contributed by atoms with E-state index in [0.717, 1.165) is 21.3 Å². The van der Waals surface area contributed by atoms with E-state index in [1.165, 1.54) is 0 Å². The number of carbonyl (C=O) groups is 2. The summed E-state index contributed by atoms with van der Waals surface area (Å²) < 4.78 is 17.4. The molecule has 2 aromatic rings. The molecule has 0 unspecified atom stereocenters. The summed E-state index contributed by atoms with van der Waals surface area (Å²) in [4.78, 5) is 26.9. The minimum atomic E-state index is -0.482. The molecule has 1 N–H and O–H groups in total. The number of carbonyl (C=O) groups excluding carboxylic acids is 2. The number of hydrogen-bond donors (Lipinski definition) is 1. The quantitative estimate of drug-likeness (QED) is 0.469. The second-order valence-electron chi connectivity index (χ2n) is 9.14. The highest BCUT2D eigenvalue weighted by Crippen LogP contribution is 2.46. The third-order valence-electron chi connectivity index (χ3n) is 6.47. The molecule has 0 radical (unpaired) electrons. The SMILES string of the molecule is COc1ccc([C@H]2CC(=O)C3=C(C2)NC(C)=C(C(=O)OC(C)C)[C@@H]3c2ccc(Br)cc2)cc1OC. The summed E-state index contributed by atoms with van der Waals surface area (Å²) >= 11 is 3.48. The number of benzene rings is 2. The number of methoxy groups -OCH3 is 2. The summed E-state index contributed by atoms with van der Waals surface area (Å²) in [6, 6.07) is 13.5. The summed E-state index contributed by atoms with van der Waals surface area (Å²) in [5.41, 5.74) is 4.59. The predicted octanol–water partition coefficient (Wildman–Crippen LogP) is 5.78. The summed E-state index contributed by atoms with van der Waals surface area (Å²) in [5, 5.41) is 3.39. The number of ether oxygens (including phenoxy) is 3. The van der Waals surface area contributed by atoms with Gasteiger partial charge in [0.2, 0.25) is 0 Å². The van der Waals surface area contributed by atoms with Crippen LogP contribution in [0.4, 0.5) is 0 Å². The fourth-order valence-corrected chi connectivity index (χ4v) is 5.18. The van der Waals surface area contributed by atoms with Gasteiger partial charge in [-0.25, -0.2) is 4.79 Å². The van der Waals surface area contributed by atoms with Gasteiger partial charge in [-0.1, -0.05) is 34.1 Å². The first-order valence-electron chi connectivity index (χ1n) is 11.7. The first kappa shape index (κ1) is 25.0. The van der Waals surface area contributed by atoms with Crippen LogP contribution in [-0.4, -0.2) is 32.1 Å². The fraction of sp³-hybridized carbons (Fsp3) is 0.357. The molecule has 0 saturated carbocycles. The molecule has 35 heavy (non-hydrogen) atoms. The Morgan fingerprint density at radius 1 is 1.00 bits per heavy atom. The molecule has 4 rings (SSSR count). The molecular formula is C28H30BrNO5. The average Bonchev–Trinajstić information content (AvgIpc) is 2.82. The monoisotopic (exact) mass is 539 g/mol. The molecule has 2 aliphatic rings. The van der Waals surface area contributed by atoms with Crippen LogP contribution in [0, 0.1) is 0 Å². The van der Waals surface area contributed by atoms with Crippen molar-refractivity contribution < 1.29 is 23.8 Å². The van der Waals surface area contributed by atoms with Crippen LogP contribution in [0.25, 0.3) is 0 Å². The van der Waals surface area contributed by atoms with Gasteiger partial charge < -0.3 is 19.5 Å². The minimum absolute atomic E-state index is 0.0175. The van der Waals surface area contributed by atoms with Gasteiger partial charge in [-0.3, -0.25) is 4.79 Å². The Bertz CT molecular complexity index is 1210. The molecule has 184 valence electrons. The number of nitrogens with one attached hydrogen (secondary N) is 1. The van der Waals surface area contributed by atoms with E-state index < -0.39 is 11.9 Å². The molecule has 6 nitrogen and oxygen atoms in total. The van der Waals surface area contributed by atoms with E-state index in [4.69, 9.17) is 14.2 Å². The van der Waals surface area contributed by atoms with Crippen molar-refractivity contribution in [2.45, 2.75) is 51.6 Å². The van der Waals surface area contributed by atoms with E-state index >= 15 is 0 Å².